The third kappa shape index (κ3) is 1.82. The molecule has 0 unspecified atom stereocenters. The Kier molecular flexibility index (Phi) is 2.76. The first kappa shape index (κ1) is 9.68. The number of hydrogen-bond acceptors (Lipinski definition) is 1. The van der Waals surface area contributed by atoms with Crippen molar-refractivity contribution < 1.29 is 0 Å². The van der Waals surface area contributed by atoms with Crippen molar-refractivity contribution in [2.24, 2.45) is 0 Å². The molecular weight excluding hydrogens is 364 g/mol. The average Bonchev–Trinajstić information content (AvgIpc) is 2.12. The fourth-order valence-electron chi connectivity index (χ4n) is 1.15. The van der Waals surface area contributed by atoms with Crippen molar-refractivity contribution in [2.75, 3.05) is 0 Å². The number of rotatable bonds is 0. The molecule has 0 saturated heterocycles. The van der Waals surface area contributed by atoms with Gasteiger partial charge in [-0.3, -0.25) is 0 Å². The van der Waals surface area contributed by atoms with Crippen LogP contribution in [0.5, 0.6) is 0 Å². The molecule has 0 aliphatic rings. The number of aromatic nitrogens is 1. The summed E-state index contributed by atoms with van der Waals surface area (Å²) in [5, 5.41) is 2.82. The molecule has 0 saturated carbocycles. The van der Waals surface area contributed by atoms with Crippen LogP contribution in [-0.2, 0) is 0 Å². The lowest BCUT2D eigenvalue weighted by atomic mass is 10.2. The van der Waals surface area contributed by atoms with Crippen LogP contribution >= 0.6 is 50.1 Å². The molecule has 0 aliphatic carbocycles. The number of halogens is 3. The minimum absolute atomic E-state index is 0.691. The second-order valence-electron chi connectivity index (χ2n) is 2.59. The Balaban J connectivity index is 2.92. The fourth-order valence-corrected chi connectivity index (χ4v) is 2.32. The Labute approximate surface area is 103 Å². The quantitative estimate of drug-likeness (QED) is 0.500. The van der Waals surface area contributed by atoms with Gasteiger partial charge >= 0.3 is 0 Å². The number of fused-ring (bicyclic) bond motifs is 1. The predicted octanol–water partition coefficient (Wildman–Crippen LogP) is 4.26. The van der Waals surface area contributed by atoms with Gasteiger partial charge in [-0.1, -0.05) is 33.6 Å². The van der Waals surface area contributed by atoms with E-state index in [-0.39, 0.29) is 0 Å². The van der Waals surface area contributed by atoms with E-state index in [0.29, 0.717) is 5.02 Å². The van der Waals surface area contributed by atoms with Gasteiger partial charge in [0.1, 0.15) is 3.70 Å². The van der Waals surface area contributed by atoms with Crippen LogP contribution in [0.3, 0.4) is 0 Å². The van der Waals surface area contributed by atoms with Gasteiger partial charge in [-0.05, 0) is 34.7 Å². The van der Waals surface area contributed by atoms with Gasteiger partial charge in [-0.25, -0.2) is 4.98 Å². The highest BCUT2D eigenvalue weighted by Gasteiger charge is 2.03. The molecule has 0 N–H and O–H groups in total. The first-order valence-electron chi connectivity index (χ1n) is 3.58. The fraction of sp³-hybridized carbons (Fsp3) is 0. The summed E-state index contributed by atoms with van der Waals surface area (Å²) in [6.07, 6.45) is 1.68. The van der Waals surface area contributed by atoms with Crippen molar-refractivity contribution in [3.8, 4) is 0 Å². The van der Waals surface area contributed by atoms with Gasteiger partial charge in [0.15, 0.2) is 0 Å². The Morgan fingerprint density at radius 3 is 2.85 bits per heavy atom. The van der Waals surface area contributed by atoms with Gasteiger partial charge in [0, 0.05) is 21.4 Å². The Morgan fingerprint density at radius 2 is 2.08 bits per heavy atom. The monoisotopic (exact) mass is 367 g/mol. The highest BCUT2D eigenvalue weighted by molar-refractivity contribution is 14.1. The number of benzene rings is 1. The molecular formula is C9H4BrClIN. The SMILES string of the molecule is Clc1cnc(I)c2ccc(Br)cc12. The second-order valence-corrected chi connectivity index (χ2v) is 4.93. The Morgan fingerprint density at radius 1 is 1.31 bits per heavy atom. The molecule has 2 rings (SSSR count). The zero-order valence-electron chi connectivity index (χ0n) is 6.39. The molecule has 66 valence electrons. The maximum atomic E-state index is 6.01. The molecule has 0 aliphatic heterocycles. The molecule has 1 aromatic heterocycles. The van der Waals surface area contributed by atoms with Crippen LogP contribution in [0.1, 0.15) is 0 Å². The third-order valence-electron chi connectivity index (χ3n) is 1.75. The van der Waals surface area contributed by atoms with Gasteiger partial charge in [-0.15, -0.1) is 0 Å². The van der Waals surface area contributed by atoms with Gasteiger partial charge in [0.05, 0.1) is 5.02 Å². The number of nitrogens with zero attached hydrogens (tertiary/aromatic N) is 1. The van der Waals surface area contributed by atoms with Gasteiger partial charge in [0.2, 0.25) is 0 Å². The molecule has 0 bridgehead atoms. The molecule has 1 aromatic carbocycles. The molecule has 1 nitrogen and oxygen atoms in total. The predicted molar refractivity (Wildman–Crippen MR) is 67.2 cm³/mol. The lowest BCUT2D eigenvalue weighted by molar-refractivity contribution is 1.31. The average molecular weight is 368 g/mol. The van der Waals surface area contributed by atoms with E-state index >= 15 is 0 Å². The number of hydrogen-bond donors (Lipinski definition) is 0. The van der Waals surface area contributed by atoms with Gasteiger partial charge in [-0.2, -0.15) is 0 Å². The first-order valence-corrected chi connectivity index (χ1v) is 5.83. The molecule has 0 fully saturated rings. The van der Waals surface area contributed by atoms with Crippen LogP contribution < -0.4 is 0 Å². The summed E-state index contributed by atoms with van der Waals surface area (Å²) in [6.45, 7) is 0. The molecule has 0 amide bonds. The van der Waals surface area contributed by atoms with Crippen LogP contribution in [0.2, 0.25) is 5.02 Å². The highest BCUT2D eigenvalue weighted by atomic mass is 127. The van der Waals surface area contributed by atoms with Crippen molar-refractivity contribution in [1.82, 2.24) is 4.98 Å². The third-order valence-corrected chi connectivity index (χ3v) is 3.41. The standard InChI is InChI=1S/C9H4BrClIN/c10-5-1-2-6-7(3-5)8(11)4-13-9(6)12/h1-4H. The van der Waals surface area contributed by atoms with E-state index in [1.54, 1.807) is 6.20 Å². The summed E-state index contributed by atoms with van der Waals surface area (Å²) in [7, 11) is 0. The molecule has 1 heterocycles. The van der Waals surface area contributed by atoms with E-state index in [1.807, 2.05) is 18.2 Å². The minimum Gasteiger partial charge on any atom is -0.248 e. The topological polar surface area (TPSA) is 12.9 Å². The van der Waals surface area contributed by atoms with E-state index in [2.05, 4.69) is 43.5 Å². The van der Waals surface area contributed by atoms with E-state index in [9.17, 15) is 0 Å². The summed E-state index contributed by atoms with van der Waals surface area (Å²) in [5.41, 5.74) is 0. The summed E-state index contributed by atoms with van der Waals surface area (Å²) in [5.74, 6) is 0. The van der Waals surface area contributed by atoms with Gasteiger partial charge < -0.3 is 0 Å². The molecule has 2 aromatic rings. The lowest BCUT2D eigenvalue weighted by Crippen LogP contribution is -1.84. The zero-order chi connectivity index (χ0) is 9.42. The van der Waals surface area contributed by atoms with Crippen LogP contribution in [0.15, 0.2) is 28.9 Å². The molecule has 4 heteroatoms. The smallest absolute Gasteiger partial charge is 0.109 e. The maximum absolute atomic E-state index is 6.01. The molecule has 0 spiro atoms. The van der Waals surface area contributed by atoms with E-state index in [4.69, 9.17) is 11.6 Å². The largest absolute Gasteiger partial charge is 0.248 e. The van der Waals surface area contributed by atoms with Crippen LogP contribution in [0.25, 0.3) is 10.8 Å². The zero-order valence-corrected chi connectivity index (χ0v) is 10.9. The second kappa shape index (κ2) is 3.71. The van der Waals surface area contributed by atoms with Crippen molar-refractivity contribution in [3.05, 3.63) is 37.6 Å². The summed E-state index contributed by atoms with van der Waals surface area (Å²) >= 11 is 11.6. The highest BCUT2D eigenvalue weighted by Crippen LogP contribution is 2.28. The van der Waals surface area contributed by atoms with Crippen molar-refractivity contribution >= 4 is 60.9 Å². The van der Waals surface area contributed by atoms with Gasteiger partial charge in [0.25, 0.3) is 0 Å². The van der Waals surface area contributed by atoms with Crippen LogP contribution in [0, 0.1) is 3.70 Å². The maximum Gasteiger partial charge on any atom is 0.109 e. The van der Waals surface area contributed by atoms with E-state index in [0.717, 1.165) is 18.9 Å². The number of pyridine rings is 1. The lowest BCUT2D eigenvalue weighted by Gasteiger charge is -2.02. The minimum atomic E-state index is 0.691. The summed E-state index contributed by atoms with van der Waals surface area (Å²) < 4.78 is 2.01. The first-order chi connectivity index (χ1) is 6.18. The molecule has 13 heavy (non-hydrogen) atoms. The van der Waals surface area contributed by atoms with Crippen molar-refractivity contribution in [2.45, 2.75) is 0 Å². The van der Waals surface area contributed by atoms with Crippen molar-refractivity contribution in [1.29, 1.82) is 0 Å². The van der Waals surface area contributed by atoms with Crippen LogP contribution in [-0.4, -0.2) is 4.98 Å². The van der Waals surface area contributed by atoms with Crippen LogP contribution in [0.4, 0.5) is 0 Å². The van der Waals surface area contributed by atoms with Crippen molar-refractivity contribution in [3.63, 3.8) is 0 Å². The van der Waals surface area contributed by atoms with E-state index < -0.39 is 0 Å². The molecule has 0 radical (unpaired) electrons. The Hall–Kier alpha value is 0.130. The van der Waals surface area contributed by atoms with E-state index in [1.165, 1.54) is 0 Å². The Bertz CT molecular complexity index is 472. The molecule has 0 atom stereocenters. The summed E-state index contributed by atoms with van der Waals surface area (Å²) in [4.78, 5) is 4.18. The summed E-state index contributed by atoms with van der Waals surface area (Å²) in [6, 6.07) is 6.00. The normalized spacial score (nSPS) is 10.7.